The summed E-state index contributed by atoms with van der Waals surface area (Å²) in [4.78, 5) is 11.1. The fraction of sp³-hybridized carbons (Fsp3) is 0.0909. The molecule has 0 atom stereocenters. The number of nitrogens with two attached hydrogens (primary N) is 1. The van der Waals surface area contributed by atoms with Crippen molar-refractivity contribution in [2.24, 2.45) is 5.84 Å². The zero-order chi connectivity index (χ0) is 13.0. The third-order valence-electron chi connectivity index (χ3n) is 2.13. The van der Waals surface area contributed by atoms with E-state index in [1.165, 1.54) is 6.07 Å². The number of rotatable bonds is 4. The summed E-state index contributed by atoms with van der Waals surface area (Å²) in [6, 6.07) is 8.89. The Morgan fingerprint density at radius 3 is 3.00 bits per heavy atom. The maximum absolute atomic E-state index is 11.1. The molecular formula is C11H10BrN3O3. The Kier molecular flexibility index (Phi) is 3.96. The van der Waals surface area contributed by atoms with E-state index in [1.54, 1.807) is 0 Å². The highest BCUT2D eigenvalue weighted by atomic mass is 79.9. The summed E-state index contributed by atoms with van der Waals surface area (Å²) in [7, 11) is 0. The van der Waals surface area contributed by atoms with Crippen molar-refractivity contribution in [2.45, 2.75) is 6.61 Å². The smallest absolute Gasteiger partial charge is 0.287 e. The van der Waals surface area contributed by atoms with Crippen LogP contribution in [0.25, 0.3) is 0 Å². The third kappa shape index (κ3) is 2.88. The standard InChI is InChI=1S/C11H10BrN3O3/c12-8-3-1-2-4-10(8)17-6-7-5-9(15-18-7)11(16)14-13/h1-5H,6,13H2,(H,14,16). The van der Waals surface area contributed by atoms with Gasteiger partial charge in [0.15, 0.2) is 11.5 Å². The molecule has 0 bridgehead atoms. The summed E-state index contributed by atoms with van der Waals surface area (Å²) in [6.45, 7) is 0.174. The van der Waals surface area contributed by atoms with Crippen molar-refractivity contribution in [1.82, 2.24) is 10.6 Å². The second-order valence-corrected chi connectivity index (χ2v) is 4.23. The highest BCUT2D eigenvalue weighted by Gasteiger charge is 2.11. The van der Waals surface area contributed by atoms with Gasteiger partial charge < -0.3 is 9.26 Å². The number of halogens is 1. The van der Waals surface area contributed by atoms with Gasteiger partial charge in [0.2, 0.25) is 0 Å². The highest BCUT2D eigenvalue weighted by molar-refractivity contribution is 9.10. The molecule has 0 aliphatic rings. The summed E-state index contributed by atoms with van der Waals surface area (Å²) in [5, 5.41) is 3.56. The molecule has 1 aromatic heterocycles. The molecule has 0 fully saturated rings. The number of hydrazine groups is 1. The Morgan fingerprint density at radius 2 is 2.28 bits per heavy atom. The maximum atomic E-state index is 11.1. The van der Waals surface area contributed by atoms with Gasteiger partial charge in [-0.25, -0.2) is 5.84 Å². The molecule has 0 aliphatic heterocycles. The average Bonchev–Trinajstić information content (AvgIpc) is 2.86. The Balaban J connectivity index is 2.01. The number of ether oxygens (including phenoxy) is 1. The normalized spacial score (nSPS) is 10.1. The van der Waals surface area contributed by atoms with Crippen molar-refractivity contribution in [3.8, 4) is 5.75 Å². The van der Waals surface area contributed by atoms with E-state index >= 15 is 0 Å². The lowest BCUT2D eigenvalue weighted by molar-refractivity contribution is 0.0944. The number of amides is 1. The van der Waals surface area contributed by atoms with E-state index in [2.05, 4.69) is 21.1 Å². The van der Waals surface area contributed by atoms with Crippen molar-refractivity contribution in [3.05, 3.63) is 46.3 Å². The average molecular weight is 312 g/mol. The molecule has 3 N–H and O–H groups in total. The molecule has 0 saturated heterocycles. The van der Waals surface area contributed by atoms with E-state index in [-0.39, 0.29) is 12.3 Å². The number of nitrogens with one attached hydrogen (secondary N) is 1. The van der Waals surface area contributed by atoms with Gasteiger partial charge in [-0.2, -0.15) is 0 Å². The van der Waals surface area contributed by atoms with E-state index in [0.717, 1.165) is 4.47 Å². The van der Waals surface area contributed by atoms with E-state index < -0.39 is 5.91 Å². The molecule has 18 heavy (non-hydrogen) atoms. The maximum Gasteiger partial charge on any atom is 0.287 e. The van der Waals surface area contributed by atoms with Crippen LogP contribution in [-0.4, -0.2) is 11.1 Å². The van der Waals surface area contributed by atoms with Gasteiger partial charge in [0.25, 0.3) is 5.91 Å². The summed E-state index contributed by atoms with van der Waals surface area (Å²) in [6.07, 6.45) is 0. The number of carbonyl (C=O) groups excluding carboxylic acids is 1. The van der Waals surface area contributed by atoms with Crippen LogP contribution in [0.15, 0.2) is 39.3 Å². The largest absolute Gasteiger partial charge is 0.484 e. The second-order valence-electron chi connectivity index (χ2n) is 3.37. The lowest BCUT2D eigenvalue weighted by Gasteiger charge is -2.04. The van der Waals surface area contributed by atoms with Gasteiger partial charge in [-0.05, 0) is 28.1 Å². The van der Waals surface area contributed by atoms with Crippen molar-refractivity contribution < 1.29 is 14.1 Å². The van der Waals surface area contributed by atoms with Crippen LogP contribution < -0.4 is 16.0 Å². The SMILES string of the molecule is NNC(=O)c1cc(COc2ccccc2Br)on1. The lowest BCUT2D eigenvalue weighted by atomic mass is 10.3. The Labute approximate surface area is 111 Å². The van der Waals surface area contributed by atoms with Crippen LogP contribution >= 0.6 is 15.9 Å². The predicted octanol–water partition coefficient (Wildman–Crippen LogP) is 1.62. The number of hydrogen-bond donors (Lipinski definition) is 2. The monoisotopic (exact) mass is 311 g/mol. The molecule has 0 radical (unpaired) electrons. The summed E-state index contributed by atoms with van der Waals surface area (Å²) in [5.74, 6) is 5.59. The van der Waals surface area contributed by atoms with Crippen molar-refractivity contribution in [1.29, 1.82) is 0 Å². The van der Waals surface area contributed by atoms with Crippen LogP contribution in [0.5, 0.6) is 5.75 Å². The number of para-hydroxylation sites is 1. The Hall–Kier alpha value is -1.86. The van der Waals surface area contributed by atoms with Gasteiger partial charge in [0.1, 0.15) is 12.4 Å². The number of nitrogen functional groups attached to an aromatic ring is 1. The molecule has 1 heterocycles. The number of hydrogen-bond acceptors (Lipinski definition) is 5. The molecule has 94 valence electrons. The molecular weight excluding hydrogens is 302 g/mol. The molecule has 0 spiro atoms. The summed E-state index contributed by atoms with van der Waals surface area (Å²) >= 11 is 3.36. The molecule has 2 aromatic rings. The Bertz CT molecular complexity index is 556. The molecule has 7 heteroatoms. The van der Waals surface area contributed by atoms with E-state index in [4.69, 9.17) is 15.1 Å². The summed E-state index contributed by atoms with van der Waals surface area (Å²) < 4.78 is 11.3. The first-order valence-electron chi connectivity index (χ1n) is 5.04. The molecule has 1 amide bonds. The lowest BCUT2D eigenvalue weighted by Crippen LogP contribution is -2.30. The van der Waals surface area contributed by atoms with Crippen LogP contribution in [0.4, 0.5) is 0 Å². The molecule has 0 aliphatic carbocycles. The van der Waals surface area contributed by atoms with Crippen LogP contribution in [0.1, 0.15) is 16.2 Å². The van der Waals surface area contributed by atoms with E-state index in [0.29, 0.717) is 11.5 Å². The first kappa shape index (κ1) is 12.6. The van der Waals surface area contributed by atoms with Crippen LogP contribution in [0.2, 0.25) is 0 Å². The van der Waals surface area contributed by atoms with E-state index in [1.807, 2.05) is 29.7 Å². The number of benzene rings is 1. The third-order valence-corrected chi connectivity index (χ3v) is 2.78. The predicted molar refractivity (Wildman–Crippen MR) is 66.6 cm³/mol. The second kappa shape index (κ2) is 5.65. The van der Waals surface area contributed by atoms with E-state index in [9.17, 15) is 4.79 Å². The van der Waals surface area contributed by atoms with Crippen LogP contribution in [0.3, 0.4) is 0 Å². The number of carbonyl (C=O) groups is 1. The molecule has 0 unspecified atom stereocenters. The molecule has 0 saturated carbocycles. The quantitative estimate of drug-likeness (QED) is 0.508. The minimum atomic E-state index is -0.508. The molecule has 6 nitrogen and oxygen atoms in total. The first-order valence-corrected chi connectivity index (χ1v) is 5.84. The van der Waals surface area contributed by atoms with Gasteiger partial charge in [0, 0.05) is 6.07 Å². The van der Waals surface area contributed by atoms with Crippen LogP contribution in [0, 0.1) is 0 Å². The van der Waals surface area contributed by atoms with Gasteiger partial charge in [0.05, 0.1) is 4.47 Å². The number of nitrogens with zero attached hydrogens (tertiary/aromatic N) is 1. The van der Waals surface area contributed by atoms with Gasteiger partial charge in [-0.1, -0.05) is 17.3 Å². The van der Waals surface area contributed by atoms with Crippen LogP contribution in [-0.2, 0) is 6.61 Å². The highest BCUT2D eigenvalue weighted by Crippen LogP contribution is 2.24. The zero-order valence-electron chi connectivity index (χ0n) is 9.22. The fourth-order valence-corrected chi connectivity index (χ4v) is 1.67. The number of aromatic nitrogens is 1. The van der Waals surface area contributed by atoms with Gasteiger partial charge in [-0.3, -0.25) is 10.2 Å². The topological polar surface area (TPSA) is 90.4 Å². The van der Waals surface area contributed by atoms with Crippen molar-refractivity contribution in [2.75, 3.05) is 0 Å². The van der Waals surface area contributed by atoms with Gasteiger partial charge in [-0.15, -0.1) is 0 Å². The fourth-order valence-electron chi connectivity index (χ4n) is 1.27. The minimum Gasteiger partial charge on any atom is -0.484 e. The van der Waals surface area contributed by atoms with Crippen molar-refractivity contribution >= 4 is 21.8 Å². The zero-order valence-corrected chi connectivity index (χ0v) is 10.8. The summed E-state index contributed by atoms with van der Waals surface area (Å²) in [5.41, 5.74) is 2.08. The Morgan fingerprint density at radius 1 is 1.50 bits per heavy atom. The molecule has 1 aromatic carbocycles. The van der Waals surface area contributed by atoms with Gasteiger partial charge >= 0.3 is 0 Å². The molecule has 2 rings (SSSR count). The van der Waals surface area contributed by atoms with Crippen molar-refractivity contribution in [3.63, 3.8) is 0 Å². The first-order chi connectivity index (χ1) is 8.70. The minimum absolute atomic E-state index is 0.114.